The number of ether oxygens (including phenoxy) is 1. The second kappa shape index (κ2) is 6.45. The summed E-state index contributed by atoms with van der Waals surface area (Å²) in [5, 5.41) is 1.03. The summed E-state index contributed by atoms with van der Waals surface area (Å²) >= 11 is 1.69. The van der Waals surface area contributed by atoms with Crippen LogP contribution < -0.4 is 0 Å². The monoisotopic (exact) mass is 349 g/mol. The van der Waals surface area contributed by atoms with Gasteiger partial charge >= 0.3 is 5.97 Å². The van der Waals surface area contributed by atoms with E-state index in [1.54, 1.807) is 11.3 Å². The lowest BCUT2D eigenvalue weighted by molar-refractivity contribution is -0.142. The molecule has 0 amide bonds. The highest BCUT2D eigenvalue weighted by Gasteiger charge is 2.56. The number of methoxy groups -OCH3 is 1. The normalized spacial score (nSPS) is 21.8. The van der Waals surface area contributed by atoms with Crippen molar-refractivity contribution in [1.29, 1.82) is 0 Å². The van der Waals surface area contributed by atoms with Crippen LogP contribution in [0.25, 0.3) is 10.6 Å². The minimum Gasteiger partial charge on any atom is -0.469 e. The van der Waals surface area contributed by atoms with E-state index in [1.807, 2.05) is 24.4 Å². The molecule has 1 aromatic heterocycles. The van der Waals surface area contributed by atoms with E-state index in [0.717, 1.165) is 10.6 Å². The van der Waals surface area contributed by atoms with Crippen molar-refractivity contribution >= 4 is 17.3 Å². The first-order valence-electron chi connectivity index (χ1n) is 8.34. The van der Waals surface area contributed by atoms with Gasteiger partial charge in [-0.05, 0) is 18.1 Å². The molecule has 0 saturated heterocycles. The van der Waals surface area contributed by atoms with Gasteiger partial charge in [0.2, 0.25) is 0 Å². The van der Waals surface area contributed by atoms with Crippen molar-refractivity contribution in [3.8, 4) is 10.6 Å². The van der Waals surface area contributed by atoms with E-state index >= 15 is 0 Å². The van der Waals surface area contributed by atoms with E-state index in [0.29, 0.717) is 0 Å². The maximum absolute atomic E-state index is 12.2. The molecule has 1 fully saturated rings. The summed E-state index contributed by atoms with van der Waals surface area (Å²) in [5.41, 5.74) is 3.50. The maximum atomic E-state index is 12.2. The Morgan fingerprint density at radius 2 is 1.64 bits per heavy atom. The molecule has 0 spiro atoms. The number of thiazole rings is 1. The van der Waals surface area contributed by atoms with Crippen molar-refractivity contribution in [1.82, 2.24) is 4.98 Å². The number of carbonyl (C=O) groups excluding carboxylic acids is 1. The molecule has 2 aromatic carbocycles. The summed E-state index contributed by atoms with van der Waals surface area (Å²) in [6, 6.07) is 18.7. The lowest BCUT2D eigenvalue weighted by Crippen LogP contribution is -2.05. The van der Waals surface area contributed by atoms with Crippen LogP contribution in [0.2, 0.25) is 0 Å². The third kappa shape index (κ3) is 2.98. The van der Waals surface area contributed by atoms with E-state index in [1.165, 1.54) is 23.1 Å². The van der Waals surface area contributed by atoms with Crippen LogP contribution in [0.1, 0.15) is 27.8 Å². The molecule has 3 atom stereocenters. The maximum Gasteiger partial charge on any atom is 0.309 e. The zero-order valence-electron chi connectivity index (χ0n) is 14.2. The Morgan fingerprint density at radius 1 is 1.00 bits per heavy atom. The fraction of sp³-hybridized carbons (Fsp3) is 0.238. The summed E-state index contributed by atoms with van der Waals surface area (Å²) in [6.07, 6.45) is 1.90. The highest BCUT2D eigenvalue weighted by atomic mass is 32.1. The molecule has 1 saturated carbocycles. The fourth-order valence-corrected chi connectivity index (χ4v) is 4.35. The topological polar surface area (TPSA) is 39.2 Å². The Labute approximate surface area is 151 Å². The van der Waals surface area contributed by atoms with Gasteiger partial charge in [0.05, 0.1) is 13.0 Å². The number of aryl methyl sites for hydroxylation is 1. The Bertz CT molecular complexity index is 886. The van der Waals surface area contributed by atoms with Gasteiger partial charge in [0, 0.05) is 28.5 Å². The standard InChI is InChI=1S/C21H19NO2S/c1-13-12-22-20(25-13)16-10-8-15(9-11-16)18-17(19(18)21(23)24-2)14-6-4-3-5-7-14/h3-12,17-19H,1-2H3/t17-,18-,19-/m1/s1. The first kappa shape index (κ1) is 16.0. The minimum atomic E-state index is -0.126. The summed E-state index contributed by atoms with van der Waals surface area (Å²) < 4.78 is 5.03. The molecule has 0 unspecified atom stereocenters. The lowest BCUT2D eigenvalue weighted by Gasteiger charge is -2.03. The highest BCUT2D eigenvalue weighted by molar-refractivity contribution is 7.14. The van der Waals surface area contributed by atoms with Crippen molar-refractivity contribution in [2.75, 3.05) is 7.11 Å². The second-order valence-electron chi connectivity index (χ2n) is 6.41. The average Bonchev–Trinajstić information content (AvgIpc) is 3.27. The lowest BCUT2D eigenvalue weighted by atomic mass is 10.0. The van der Waals surface area contributed by atoms with Crippen LogP contribution in [0, 0.1) is 12.8 Å². The van der Waals surface area contributed by atoms with Gasteiger partial charge in [0.25, 0.3) is 0 Å². The van der Waals surface area contributed by atoms with Crippen LogP contribution in [0.15, 0.2) is 60.8 Å². The number of hydrogen-bond donors (Lipinski definition) is 0. The van der Waals surface area contributed by atoms with Crippen LogP contribution >= 0.6 is 11.3 Å². The van der Waals surface area contributed by atoms with Crippen molar-refractivity contribution in [2.45, 2.75) is 18.8 Å². The molecule has 0 N–H and O–H groups in total. The SMILES string of the molecule is COC(=O)[C@@H]1[C@H](c2ccccc2)[C@H]1c1ccc(-c2ncc(C)s2)cc1. The quantitative estimate of drug-likeness (QED) is 0.636. The van der Waals surface area contributed by atoms with Crippen LogP contribution in [-0.4, -0.2) is 18.1 Å². The van der Waals surface area contributed by atoms with Gasteiger partial charge in [-0.1, -0.05) is 54.6 Å². The first-order valence-corrected chi connectivity index (χ1v) is 9.16. The second-order valence-corrected chi connectivity index (χ2v) is 7.64. The zero-order valence-corrected chi connectivity index (χ0v) is 15.0. The molecule has 25 heavy (non-hydrogen) atoms. The number of benzene rings is 2. The number of carbonyl (C=O) groups is 1. The molecule has 1 heterocycles. The Balaban J connectivity index is 1.62. The molecule has 3 aromatic rings. The fourth-order valence-electron chi connectivity index (χ4n) is 3.58. The zero-order chi connectivity index (χ0) is 17.4. The molecular weight excluding hydrogens is 330 g/mol. The molecule has 4 rings (SSSR count). The van der Waals surface area contributed by atoms with Crippen molar-refractivity contribution in [3.05, 3.63) is 76.8 Å². The van der Waals surface area contributed by atoms with E-state index in [2.05, 4.69) is 48.3 Å². The molecule has 1 aliphatic rings. The highest BCUT2D eigenvalue weighted by Crippen LogP contribution is 2.60. The molecule has 0 radical (unpaired) electrons. The van der Waals surface area contributed by atoms with Crippen LogP contribution in [0.5, 0.6) is 0 Å². The Morgan fingerprint density at radius 3 is 2.20 bits per heavy atom. The number of esters is 1. The van der Waals surface area contributed by atoms with E-state index < -0.39 is 0 Å². The van der Waals surface area contributed by atoms with Crippen molar-refractivity contribution < 1.29 is 9.53 Å². The van der Waals surface area contributed by atoms with Gasteiger partial charge in [0.15, 0.2) is 0 Å². The van der Waals surface area contributed by atoms with Crippen LogP contribution in [0.4, 0.5) is 0 Å². The van der Waals surface area contributed by atoms with Crippen molar-refractivity contribution in [3.63, 3.8) is 0 Å². The summed E-state index contributed by atoms with van der Waals surface area (Å²) in [6.45, 7) is 2.06. The van der Waals surface area contributed by atoms with Gasteiger partial charge in [-0.15, -0.1) is 11.3 Å². The largest absolute Gasteiger partial charge is 0.469 e. The van der Waals surface area contributed by atoms with Crippen LogP contribution in [-0.2, 0) is 9.53 Å². The summed E-state index contributed by atoms with van der Waals surface area (Å²) in [7, 11) is 1.47. The van der Waals surface area contributed by atoms with Crippen molar-refractivity contribution in [2.24, 2.45) is 5.92 Å². The van der Waals surface area contributed by atoms with Crippen LogP contribution in [0.3, 0.4) is 0 Å². The van der Waals surface area contributed by atoms with E-state index in [4.69, 9.17) is 4.74 Å². The third-order valence-electron chi connectivity index (χ3n) is 4.84. The van der Waals surface area contributed by atoms with Gasteiger partial charge in [-0.25, -0.2) is 4.98 Å². The summed E-state index contributed by atoms with van der Waals surface area (Å²) in [5.74, 6) is 0.155. The Hall–Kier alpha value is -2.46. The first-order chi connectivity index (χ1) is 12.2. The van der Waals surface area contributed by atoms with E-state index in [9.17, 15) is 4.79 Å². The number of nitrogens with zero attached hydrogens (tertiary/aromatic N) is 1. The molecule has 126 valence electrons. The van der Waals surface area contributed by atoms with Gasteiger partial charge in [-0.2, -0.15) is 0 Å². The summed E-state index contributed by atoms with van der Waals surface area (Å²) in [4.78, 5) is 17.8. The average molecular weight is 349 g/mol. The number of aromatic nitrogens is 1. The predicted octanol–water partition coefficient (Wildman–Crippen LogP) is 4.79. The van der Waals surface area contributed by atoms with Gasteiger partial charge < -0.3 is 4.74 Å². The van der Waals surface area contributed by atoms with E-state index in [-0.39, 0.29) is 23.7 Å². The van der Waals surface area contributed by atoms with Gasteiger partial charge in [-0.3, -0.25) is 4.79 Å². The molecule has 4 heteroatoms. The van der Waals surface area contributed by atoms with Gasteiger partial charge in [0.1, 0.15) is 5.01 Å². The predicted molar refractivity (Wildman–Crippen MR) is 99.7 cm³/mol. The molecule has 1 aliphatic carbocycles. The smallest absolute Gasteiger partial charge is 0.309 e. The Kier molecular flexibility index (Phi) is 4.14. The molecule has 3 nitrogen and oxygen atoms in total. The number of rotatable bonds is 4. The molecule has 0 bridgehead atoms. The third-order valence-corrected chi connectivity index (χ3v) is 5.80. The molecule has 0 aliphatic heterocycles. The minimum absolute atomic E-state index is 0.0969. The number of hydrogen-bond acceptors (Lipinski definition) is 4. The molecular formula is C21H19NO2S.